The largest absolute Gasteiger partial charge is 0.383 e. The van der Waals surface area contributed by atoms with Crippen LogP contribution in [0.15, 0.2) is 18.3 Å². The lowest BCUT2D eigenvalue weighted by molar-refractivity contribution is -0.122. The summed E-state index contributed by atoms with van der Waals surface area (Å²) >= 11 is 0. The van der Waals surface area contributed by atoms with E-state index in [-0.39, 0.29) is 11.7 Å². The number of nitrogens with two attached hydrogens (primary N) is 1. The molecular formula is C12H17N3O. The zero-order valence-electron chi connectivity index (χ0n) is 9.44. The van der Waals surface area contributed by atoms with Gasteiger partial charge in [0.25, 0.3) is 0 Å². The van der Waals surface area contributed by atoms with Gasteiger partial charge in [0.05, 0.1) is 0 Å². The van der Waals surface area contributed by atoms with Crippen molar-refractivity contribution in [3.05, 3.63) is 23.9 Å². The lowest BCUT2D eigenvalue weighted by Crippen LogP contribution is -2.23. The molecule has 1 aliphatic rings. The highest BCUT2D eigenvalue weighted by atomic mass is 16.1. The fraction of sp³-hybridized carbons (Fsp3) is 0.500. The number of ketones is 1. The first-order valence-electron chi connectivity index (χ1n) is 5.61. The summed E-state index contributed by atoms with van der Waals surface area (Å²) in [6.07, 6.45) is 2.04. The highest BCUT2D eigenvalue weighted by molar-refractivity contribution is 5.85. The monoisotopic (exact) mass is 219 g/mol. The molecule has 1 saturated heterocycles. The first-order valence-corrected chi connectivity index (χ1v) is 5.61. The summed E-state index contributed by atoms with van der Waals surface area (Å²) in [5.74, 6) is 1.27. The smallest absolute Gasteiger partial charge is 0.142 e. The van der Waals surface area contributed by atoms with Gasteiger partial charge in [0.1, 0.15) is 11.6 Å². The number of carbonyl (C=O) groups is 1. The normalized spacial score (nSPS) is 24.6. The minimum Gasteiger partial charge on any atom is -0.383 e. The fourth-order valence-electron chi connectivity index (χ4n) is 2.16. The highest BCUT2D eigenvalue weighted by Gasteiger charge is 2.29. The molecular weight excluding hydrogens is 202 g/mol. The van der Waals surface area contributed by atoms with Gasteiger partial charge in [-0.05, 0) is 18.5 Å². The molecule has 0 radical (unpaired) electrons. The number of carbonyl (C=O) groups excluding carboxylic acids is 1. The van der Waals surface area contributed by atoms with Gasteiger partial charge in [-0.2, -0.15) is 0 Å². The number of nitrogen functional groups attached to an aromatic ring is 1. The first-order chi connectivity index (χ1) is 7.68. The van der Waals surface area contributed by atoms with Crippen molar-refractivity contribution in [3.8, 4) is 0 Å². The second-order valence-electron chi connectivity index (χ2n) is 4.43. The van der Waals surface area contributed by atoms with Crippen LogP contribution in [0.5, 0.6) is 0 Å². The molecule has 0 aromatic carbocycles. The maximum absolute atomic E-state index is 12.1. The van der Waals surface area contributed by atoms with Crippen LogP contribution >= 0.6 is 0 Å². The van der Waals surface area contributed by atoms with Crippen LogP contribution in [0.4, 0.5) is 5.82 Å². The average molecular weight is 219 g/mol. The van der Waals surface area contributed by atoms with Crippen LogP contribution in [0.3, 0.4) is 0 Å². The van der Waals surface area contributed by atoms with Gasteiger partial charge in [0, 0.05) is 30.6 Å². The molecule has 1 aromatic rings. The van der Waals surface area contributed by atoms with Crippen LogP contribution in [-0.4, -0.2) is 23.9 Å². The van der Waals surface area contributed by atoms with Crippen LogP contribution in [-0.2, 0) is 11.2 Å². The van der Waals surface area contributed by atoms with Crippen molar-refractivity contribution in [1.82, 2.24) is 10.3 Å². The number of anilines is 1. The van der Waals surface area contributed by atoms with Gasteiger partial charge in [0.15, 0.2) is 0 Å². The number of nitrogens with one attached hydrogen (secondary N) is 1. The molecule has 3 N–H and O–H groups in total. The summed E-state index contributed by atoms with van der Waals surface area (Å²) < 4.78 is 0. The Balaban J connectivity index is 2.05. The van der Waals surface area contributed by atoms with Crippen molar-refractivity contribution < 1.29 is 4.79 Å². The van der Waals surface area contributed by atoms with E-state index in [1.54, 1.807) is 6.20 Å². The molecule has 86 valence electrons. The predicted molar refractivity (Wildman–Crippen MR) is 62.9 cm³/mol. The Morgan fingerprint density at radius 2 is 2.44 bits per heavy atom. The fourth-order valence-corrected chi connectivity index (χ4v) is 2.16. The molecule has 1 aliphatic heterocycles. The Hall–Kier alpha value is -1.42. The number of hydrogen-bond acceptors (Lipinski definition) is 4. The maximum Gasteiger partial charge on any atom is 0.142 e. The Morgan fingerprint density at radius 1 is 1.62 bits per heavy atom. The van der Waals surface area contributed by atoms with Crippen molar-refractivity contribution in [2.24, 2.45) is 11.8 Å². The van der Waals surface area contributed by atoms with Crippen molar-refractivity contribution >= 4 is 11.6 Å². The molecule has 4 heteroatoms. The Kier molecular flexibility index (Phi) is 3.19. The minimum atomic E-state index is 0.125. The molecule has 0 spiro atoms. The third-order valence-electron chi connectivity index (χ3n) is 3.22. The molecule has 2 unspecified atom stereocenters. The summed E-state index contributed by atoms with van der Waals surface area (Å²) in [7, 11) is 0. The summed E-state index contributed by atoms with van der Waals surface area (Å²) in [6.45, 7) is 3.83. The maximum atomic E-state index is 12.1. The molecule has 16 heavy (non-hydrogen) atoms. The van der Waals surface area contributed by atoms with Gasteiger partial charge in [-0.1, -0.05) is 13.0 Å². The Bertz CT molecular complexity index is 392. The van der Waals surface area contributed by atoms with Gasteiger partial charge >= 0.3 is 0 Å². The van der Waals surface area contributed by atoms with Gasteiger partial charge in [-0.3, -0.25) is 4.79 Å². The van der Waals surface area contributed by atoms with E-state index in [1.807, 2.05) is 12.1 Å². The van der Waals surface area contributed by atoms with Crippen LogP contribution in [0, 0.1) is 11.8 Å². The average Bonchev–Trinajstić information content (AvgIpc) is 2.68. The summed E-state index contributed by atoms with van der Waals surface area (Å²) in [5.41, 5.74) is 6.56. The molecule has 0 bridgehead atoms. The van der Waals surface area contributed by atoms with Crippen molar-refractivity contribution in [2.75, 3.05) is 18.8 Å². The van der Waals surface area contributed by atoms with Gasteiger partial charge in [-0.25, -0.2) is 4.98 Å². The van der Waals surface area contributed by atoms with Crippen molar-refractivity contribution in [2.45, 2.75) is 13.3 Å². The lowest BCUT2D eigenvalue weighted by atomic mass is 9.90. The molecule has 1 aromatic heterocycles. The zero-order chi connectivity index (χ0) is 11.5. The van der Waals surface area contributed by atoms with E-state index in [2.05, 4.69) is 17.2 Å². The van der Waals surface area contributed by atoms with E-state index in [9.17, 15) is 4.79 Å². The van der Waals surface area contributed by atoms with Gasteiger partial charge < -0.3 is 11.1 Å². The van der Waals surface area contributed by atoms with E-state index in [1.165, 1.54) is 0 Å². The van der Waals surface area contributed by atoms with E-state index in [0.29, 0.717) is 18.2 Å². The summed E-state index contributed by atoms with van der Waals surface area (Å²) in [5, 5.41) is 3.24. The van der Waals surface area contributed by atoms with Crippen LogP contribution in [0.1, 0.15) is 12.5 Å². The SMILES string of the molecule is CC1CNCC1C(=O)Cc1cccnc1N. The number of nitrogens with zero attached hydrogens (tertiary/aromatic N) is 1. The predicted octanol–water partition coefficient (Wildman–Crippen LogP) is 0.631. The standard InChI is InChI=1S/C12H17N3O/c1-8-6-14-7-10(8)11(16)5-9-3-2-4-15-12(9)13/h2-4,8,10,14H,5-7H2,1H3,(H2,13,15). The molecule has 4 nitrogen and oxygen atoms in total. The number of hydrogen-bond donors (Lipinski definition) is 2. The molecule has 0 amide bonds. The molecule has 0 aliphatic carbocycles. The molecule has 0 saturated carbocycles. The van der Waals surface area contributed by atoms with E-state index in [0.717, 1.165) is 18.7 Å². The third kappa shape index (κ3) is 2.22. The minimum absolute atomic E-state index is 0.125. The van der Waals surface area contributed by atoms with Crippen molar-refractivity contribution in [3.63, 3.8) is 0 Å². The number of pyridine rings is 1. The van der Waals surface area contributed by atoms with E-state index >= 15 is 0 Å². The van der Waals surface area contributed by atoms with Crippen LogP contribution in [0.25, 0.3) is 0 Å². The van der Waals surface area contributed by atoms with E-state index < -0.39 is 0 Å². The zero-order valence-corrected chi connectivity index (χ0v) is 9.44. The summed E-state index contributed by atoms with van der Waals surface area (Å²) in [4.78, 5) is 16.0. The summed E-state index contributed by atoms with van der Waals surface area (Å²) in [6, 6.07) is 3.68. The van der Waals surface area contributed by atoms with Gasteiger partial charge in [0.2, 0.25) is 0 Å². The molecule has 2 atom stereocenters. The second-order valence-corrected chi connectivity index (χ2v) is 4.43. The lowest BCUT2D eigenvalue weighted by Gasteiger charge is -2.13. The highest BCUT2D eigenvalue weighted by Crippen LogP contribution is 2.20. The third-order valence-corrected chi connectivity index (χ3v) is 3.22. The molecule has 2 rings (SSSR count). The molecule has 2 heterocycles. The van der Waals surface area contributed by atoms with Crippen molar-refractivity contribution in [1.29, 1.82) is 0 Å². The number of Topliss-reactive ketones (excluding diaryl/α,β-unsaturated/α-hetero) is 1. The second kappa shape index (κ2) is 4.61. The Morgan fingerprint density at radius 3 is 3.06 bits per heavy atom. The Labute approximate surface area is 95.3 Å². The van der Waals surface area contributed by atoms with E-state index in [4.69, 9.17) is 5.73 Å². The first kappa shape index (κ1) is 11.1. The van der Waals surface area contributed by atoms with Gasteiger partial charge in [-0.15, -0.1) is 0 Å². The number of aromatic nitrogens is 1. The van der Waals surface area contributed by atoms with Crippen LogP contribution < -0.4 is 11.1 Å². The molecule has 1 fully saturated rings. The quantitative estimate of drug-likeness (QED) is 0.782. The topological polar surface area (TPSA) is 68.0 Å². The number of rotatable bonds is 3. The van der Waals surface area contributed by atoms with Crippen LogP contribution in [0.2, 0.25) is 0 Å².